The highest BCUT2D eigenvalue weighted by Gasteiger charge is 2.27. The fraction of sp³-hybridized carbons (Fsp3) is 0.647. The molecule has 0 amide bonds. The predicted octanol–water partition coefficient (Wildman–Crippen LogP) is 4.89. The normalized spacial score (nSPS) is 30.3. The van der Waals surface area contributed by atoms with E-state index in [1.54, 1.807) is 0 Å². The second kappa shape index (κ2) is 5.85. The van der Waals surface area contributed by atoms with Crippen LogP contribution in [0.2, 0.25) is 5.02 Å². The Bertz CT molecular complexity index is 443. The van der Waals surface area contributed by atoms with E-state index in [-0.39, 0.29) is 0 Å². The summed E-state index contributed by atoms with van der Waals surface area (Å²) in [5, 5.41) is 4.79. The highest BCUT2D eigenvalue weighted by atomic mass is 35.5. The smallest absolute Gasteiger partial charge is 0.0408 e. The van der Waals surface area contributed by atoms with Gasteiger partial charge >= 0.3 is 0 Å². The van der Waals surface area contributed by atoms with Gasteiger partial charge in [0.15, 0.2) is 0 Å². The molecule has 2 aliphatic carbocycles. The first-order valence-electron chi connectivity index (χ1n) is 7.80. The van der Waals surface area contributed by atoms with Gasteiger partial charge in [0, 0.05) is 17.1 Å². The Morgan fingerprint density at radius 2 is 2.16 bits per heavy atom. The molecule has 3 unspecified atom stereocenters. The van der Waals surface area contributed by atoms with Crippen LogP contribution in [0.25, 0.3) is 0 Å². The highest BCUT2D eigenvalue weighted by Crippen LogP contribution is 2.35. The minimum absolute atomic E-state index is 0.563. The minimum Gasteiger partial charge on any atom is -0.307 e. The third-order valence-corrected chi connectivity index (χ3v) is 5.21. The largest absolute Gasteiger partial charge is 0.307 e. The molecule has 0 saturated heterocycles. The van der Waals surface area contributed by atoms with E-state index < -0.39 is 0 Å². The van der Waals surface area contributed by atoms with Crippen molar-refractivity contribution in [2.45, 2.75) is 64.0 Å². The van der Waals surface area contributed by atoms with Crippen LogP contribution >= 0.6 is 11.6 Å². The average Bonchev–Trinajstić information content (AvgIpc) is 2.81. The van der Waals surface area contributed by atoms with Gasteiger partial charge in [-0.3, -0.25) is 0 Å². The molecule has 0 aromatic heterocycles. The topological polar surface area (TPSA) is 12.0 Å². The molecule has 1 nitrogen and oxygen atoms in total. The summed E-state index contributed by atoms with van der Waals surface area (Å²) < 4.78 is 0. The van der Waals surface area contributed by atoms with Gasteiger partial charge in [-0.25, -0.2) is 0 Å². The van der Waals surface area contributed by atoms with Crippen molar-refractivity contribution < 1.29 is 0 Å². The predicted molar refractivity (Wildman–Crippen MR) is 81.7 cm³/mol. The van der Waals surface area contributed by atoms with E-state index in [4.69, 9.17) is 11.6 Å². The summed E-state index contributed by atoms with van der Waals surface area (Å²) in [6.07, 6.45) is 9.32. The van der Waals surface area contributed by atoms with E-state index >= 15 is 0 Å². The summed E-state index contributed by atoms with van der Waals surface area (Å²) in [5.41, 5.74) is 2.94. The summed E-state index contributed by atoms with van der Waals surface area (Å²) in [4.78, 5) is 0. The van der Waals surface area contributed by atoms with Crippen LogP contribution in [0, 0.1) is 5.92 Å². The lowest BCUT2D eigenvalue weighted by Gasteiger charge is -2.31. The van der Waals surface area contributed by atoms with Crippen LogP contribution in [-0.2, 0) is 6.42 Å². The Balaban J connectivity index is 1.66. The van der Waals surface area contributed by atoms with E-state index in [0.29, 0.717) is 6.04 Å². The van der Waals surface area contributed by atoms with Gasteiger partial charge in [0.05, 0.1) is 0 Å². The molecular weight excluding hydrogens is 254 g/mol. The van der Waals surface area contributed by atoms with Gasteiger partial charge in [-0.2, -0.15) is 0 Å². The molecule has 3 atom stereocenters. The molecule has 2 heteroatoms. The molecule has 3 rings (SSSR count). The number of rotatable bonds is 3. The van der Waals surface area contributed by atoms with Crippen LogP contribution in [0.5, 0.6) is 0 Å². The Labute approximate surface area is 121 Å². The van der Waals surface area contributed by atoms with E-state index in [1.165, 1.54) is 56.1 Å². The zero-order valence-corrected chi connectivity index (χ0v) is 12.5. The van der Waals surface area contributed by atoms with Crippen molar-refractivity contribution in [2.24, 2.45) is 5.92 Å². The Morgan fingerprint density at radius 3 is 3.00 bits per heavy atom. The first kappa shape index (κ1) is 13.5. The number of halogens is 1. The van der Waals surface area contributed by atoms with Gasteiger partial charge in [-0.15, -0.1) is 0 Å². The monoisotopic (exact) mass is 277 g/mol. The lowest BCUT2D eigenvalue weighted by Crippen LogP contribution is -2.36. The van der Waals surface area contributed by atoms with Crippen LogP contribution in [-0.4, -0.2) is 6.04 Å². The van der Waals surface area contributed by atoms with Gasteiger partial charge in [0.25, 0.3) is 0 Å². The lowest BCUT2D eigenvalue weighted by atomic mass is 9.84. The van der Waals surface area contributed by atoms with E-state index in [9.17, 15) is 0 Å². The van der Waals surface area contributed by atoms with E-state index in [0.717, 1.165) is 17.0 Å². The van der Waals surface area contributed by atoms with Gasteiger partial charge in [-0.05, 0) is 54.9 Å². The molecule has 0 bridgehead atoms. The number of hydrogen-bond donors (Lipinski definition) is 1. The van der Waals surface area contributed by atoms with Crippen molar-refractivity contribution in [2.75, 3.05) is 0 Å². The van der Waals surface area contributed by atoms with Crippen molar-refractivity contribution in [1.29, 1.82) is 0 Å². The molecule has 1 saturated carbocycles. The van der Waals surface area contributed by atoms with Crippen LogP contribution in [0.4, 0.5) is 0 Å². The van der Waals surface area contributed by atoms with E-state index in [1.807, 2.05) is 6.07 Å². The molecule has 0 radical (unpaired) electrons. The quantitative estimate of drug-likeness (QED) is 0.830. The maximum Gasteiger partial charge on any atom is 0.0408 e. The molecule has 2 aliphatic rings. The summed E-state index contributed by atoms with van der Waals surface area (Å²) >= 11 is 6.08. The second-order valence-corrected chi connectivity index (χ2v) is 6.68. The summed E-state index contributed by atoms with van der Waals surface area (Å²) in [6, 6.07) is 7.70. The third-order valence-electron chi connectivity index (χ3n) is 4.98. The number of hydrogen-bond acceptors (Lipinski definition) is 1. The Morgan fingerprint density at radius 1 is 1.26 bits per heavy atom. The lowest BCUT2D eigenvalue weighted by molar-refractivity contribution is 0.261. The van der Waals surface area contributed by atoms with Crippen LogP contribution in [0.3, 0.4) is 0 Å². The molecule has 0 aliphatic heterocycles. The SMILES string of the molecule is CCC1CCCC(NC2CCc3cc(Cl)ccc32)C1. The van der Waals surface area contributed by atoms with Crippen molar-refractivity contribution >= 4 is 11.6 Å². The number of aryl methyl sites for hydroxylation is 1. The first-order valence-corrected chi connectivity index (χ1v) is 8.18. The molecule has 0 spiro atoms. The summed E-state index contributed by atoms with van der Waals surface area (Å²) in [7, 11) is 0. The number of fused-ring (bicyclic) bond motifs is 1. The average molecular weight is 278 g/mol. The molecule has 19 heavy (non-hydrogen) atoms. The zero-order valence-electron chi connectivity index (χ0n) is 11.8. The van der Waals surface area contributed by atoms with Crippen LogP contribution in [0.1, 0.15) is 62.6 Å². The van der Waals surface area contributed by atoms with Crippen molar-refractivity contribution in [1.82, 2.24) is 5.32 Å². The fourth-order valence-electron chi connectivity index (χ4n) is 3.86. The third kappa shape index (κ3) is 2.98. The van der Waals surface area contributed by atoms with Crippen molar-refractivity contribution in [3.8, 4) is 0 Å². The number of benzene rings is 1. The van der Waals surface area contributed by atoms with E-state index in [2.05, 4.69) is 24.4 Å². The zero-order chi connectivity index (χ0) is 13.2. The number of nitrogens with one attached hydrogen (secondary N) is 1. The molecule has 1 fully saturated rings. The minimum atomic E-state index is 0.563. The van der Waals surface area contributed by atoms with Gasteiger partial charge < -0.3 is 5.32 Å². The second-order valence-electron chi connectivity index (χ2n) is 6.24. The van der Waals surface area contributed by atoms with Gasteiger partial charge in [-0.1, -0.05) is 43.9 Å². The molecule has 1 aromatic carbocycles. The molecule has 104 valence electrons. The Kier molecular flexibility index (Phi) is 4.14. The van der Waals surface area contributed by atoms with Gasteiger partial charge in [0.2, 0.25) is 0 Å². The Hall–Kier alpha value is -0.530. The van der Waals surface area contributed by atoms with Crippen LogP contribution in [0.15, 0.2) is 18.2 Å². The maximum atomic E-state index is 6.08. The fourth-order valence-corrected chi connectivity index (χ4v) is 4.05. The highest BCUT2D eigenvalue weighted by molar-refractivity contribution is 6.30. The molecule has 0 heterocycles. The molecule has 1 N–H and O–H groups in total. The maximum absolute atomic E-state index is 6.08. The summed E-state index contributed by atoms with van der Waals surface area (Å²) in [5.74, 6) is 0.942. The summed E-state index contributed by atoms with van der Waals surface area (Å²) in [6.45, 7) is 2.33. The molecule has 1 aromatic rings. The van der Waals surface area contributed by atoms with Crippen molar-refractivity contribution in [3.63, 3.8) is 0 Å². The first-order chi connectivity index (χ1) is 9.26. The van der Waals surface area contributed by atoms with Crippen molar-refractivity contribution in [3.05, 3.63) is 34.3 Å². The van der Waals surface area contributed by atoms with Crippen LogP contribution < -0.4 is 5.32 Å². The standard InChI is InChI=1S/C17H24ClN/c1-2-12-4-3-5-15(10-12)19-17-9-6-13-11-14(18)7-8-16(13)17/h7-8,11-12,15,17,19H,2-6,9-10H2,1H3. The van der Waals surface area contributed by atoms with Gasteiger partial charge in [0.1, 0.15) is 0 Å². The molecular formula is C17H24ClN.